The predicted molar refractivity (Wildman–Crippen MR) is 128 cm³/mol. The summed E-state index contributed by atoms with van der Waals surface area (Å²) in [6.07, 6.45) is 0.797. The first-order chi connectivity index (χ1) is 17.1. The zero-order valence-corrected chi connectivity index (χ0v) is 18.8. The summed E-state index contributed by atoms with van der Waals surface area (Å²) in [4.78, 5) is 25.9. The van der Waals surface area contributed by atoms with E-state index in [1.54, 1.807) is 36.4 Å². The van der Waals surface area contributed by atoms with Crippen molar-refractivity contribution in [3.8, 4) is 12.1 Å². The van der Waals surface area contributed by atoms with Crippen molar-refractivity contribution in [2.75, 3.05) is 0 Å². The Morgan fingerprint density at radius 2 is 1.69 bits per heavy atom. The van der Waals surface area contributed by atoms with Crippen LogP contribution in [-0.2, 0) is 22.6 Å². The van der Waals surface area contributed by atoms with Gasteiger partial charge in [0.2, 0.25) is 0 Å². The van der Waals surface area contributed by atoms with Crippen molar-refractivity contribution in [2.45, 2.75) is 25.5 Å². The van der Waals surface area contributed by atoms with Crippen LogP contribution in [0.2, 0.25) is 0 Å². The molecule has 7 heteroatoms. The molecular formula is C28H22N4O3. The third kappa shape index (κ3) is 5.55. The molecule has 3 aromatic carbocycles. The molecule has 1 aliphatic rings. The van der Waals surface area contributed by atoms with E-state index in [4.69, 9.17) is 10.00 Å². The lowest BCUT2D eigenvalue weighted by molar-refractivity contribution is -0.140. The van der Waals surface area contributed by atoms with Gasteiger partial charge in [-0.3, -0.25) is 0 Å². The van der Waals surface area contributed by atoms with E-state index in [-0.39, 0.29) is 6.61 Å². The van der Waals surface area contributed by atoms with Crippen LogP contribution in [0.25, 0.3) is 0 Å². The molecule has 0 fully saturated rings. The van der Waals surface area contributed by atoms with Gasteiger partial charge in [0.1, 0.15) is 6.61 Å². The fourth-order valence-electron chi connectivity index (χ4n) is 4.02. The molecule has 0 radical (unpaired) electrons. The second kappa shape index (κ2) is 10.8. The van der Waals surface area contributed by atoms with E-state index in [0.717, 1.165) is 11.1 Å². The molecule has 0 saturated carbocycles. The van der Waals surface area contributed by atoms with Gasteiger partial charge in [-0.05, 0) is 47.7 Å². The van der Waals surface area contributed by atoms with Crippen molar-refractivity contribution in [2.24, 2.45) is 0 Å². The van der Waals surface area contributed by atoms with E-state index < -0.39 is 18.0 Å². The quantitative estimate of drug-likeness (QED) is 0.505. The highest BCUT2D eigenvalue weighted by molar-refractivity contribution is 5.95. The fraction of sp³-hybridized carbons (Fsp3) is 0.143. The van der Waals surface area contributed by atoms with E-state index >= 15 is 0 Å². The predicted octanol–water partition coefficient (Wildman–Crippen LogP) is 4.41. The number of hydrogen-bond donors (Lipinski definition) is 2. The summed E-state index contributed by atoms with van der Waals surface area (Å²) >= 11 is 0. The molecule has 35 heavy (non-hydrogen) atoms. The smallest absolute Gasteiger partial charge is 0.338 e. The van der Waals surface area contributed by atoms with E-state index in [9.17, 15) is 14.9 Å². The van der Waals surface area contributed by atoms with Gasteiger partial charge in [0, 0.05) is 5.70 Å². The monoisotopic (exact) mass is 462 g/mol. The highest BCUT2D eigenvalue weighted by Crippen LogP contribution is 2.30. The largest absolute Gasteiger partial charge is 0.457 e. The van der Waals surface area contributed by atoms with Crippen molar-refractivity contribution in [3.63, 3.8) is 0 Å². The van der Waals surface area contributed by atoms with Gasteiger partial charge < -0.3 is 15.4 Å². The minimum Gasteiger partial charge on any atom is -0.457 e. The number of allylic oxidation sites excluding steroid dienone is 1. The van der Waals surface area contributed by atoms with E-state index in [1.807, 2.05) is 42.5 Å². The Hall–Kier alpha value is -4.88. The molecule has 2 N–H and O–H groups in total. The van der Waals surface area contributed by atoms with Crippen LogP contribution >= 0.6 is 0 Å². The first-order valence-electron chi connectivity index (χ1n) is 11.1. The summed E-state index contributed by atoms with van der Waals surface area (Å²) in [6, 6.07) is 26.4. The number of urea groups is 1. The van der Waals surface area contributed by atoms with Gasteiger partial charge in [0.05, 0.1) is 34.9 Å². The number of ether oxygens (including phenoxy) is 1. The summed E-state index contributed by atoms with van der Waals surface area (Å²) in [5.74, 6) is -0.572. The van der Waals surface area contributed by atoms with Gasteiger partial charge in [-0.2, -0.15) is 10.5 Å². The fourth-order valence-corrected chi connectivity index (χ4v) is 4.02. The van der Waals surface area contributed by atoms with Gasteiger partial charge >= 0.3 is 12.0 Å². The number of benzene rings is 3. The maximum atomic E-state index is 13.4. The van der Waals surface area contributed by atoms with Crippen molar-refractivity contribution < 1.29 is 14.3 Å². The van der Waals surface area contributed by atoms with E-state index in [0.29, 0.717) is 40.8 Å². The number of nitriles is 2. The minimum atomic E-state index is -0.691. The lowest BCUT2D eigenvalue weighted by atomic mass is 9.92. The van der Waals surface area contributed by atoms with Crippen molar-refractivity contribution >= 4 is 12.0 Å². The van der Waals surface area contributed by atoms with Gasteiger partial charge in [-0.1, -0.05) is 60.7 Å². The molecule has 1 aliphatic heterocycles. The van der Waals surface area contributed by atoms with Crippen LogP contribution in [0.4, 0.5) is 4.79 Å². The summed E-state index contributed by atoms with van der Waals surface area (Å²) < 4.78 is 5.63. The molecule has 2 amide bonds. The first-order valence-corrected chi connectivity index (χ1v) is 11.1. The standard InChI is InChI=1S/C28H22N4O3/c29-16-19-7-6-8-20(15-19)18-35-27(33)25-24(14-13-21-9-4-5-12-23(21)17-30)31-28(34)32-26(25)22-10-2-1-3-11-22/h1-12,15,26H,13-14,18H2,(H2,31,32,34). The van der Waals surface area contributed by atoms with Crippen LogP contribution in [-0.4, -0.2) is 12.0 Å². The average Bonchev–Trinajstić information content (AvgIpc) is 2.91. The van der Waals surface area contributed by atoms with Crippen LogP contribution < -0.4 is 10.6 Å². The van der Waals surface area contributed by atoms with Gasteiger partial charge in [0.15, 0.2) is 0 Å². The second-order valence-corrected chi connectivity index (χ2v) is 7.99. The lowest BCUT2D eigenvalue weighted by Crippen LogP contribution is -2.46. The number of hydrogen-bond acceptors (Lipinski definition) is 5. The number of nitrogens with one attached hydrogen (secondary N) is 2. The Bertz CT molecular complexity index is 1370. The first kappa shape index (κ1) is 23.3. The second-order valence-electron chi connectivity index (χ2n) is 7.99. The Morgan fingerprint density at radius 1 is 0.914 bits per heavy atom. The topological polar surface area (TPSA) is 115 Å². The Morgan fingerprint density at radius 3 is 2.46 bits per heavy atom. The molecule has 0 saturated heterocycles. The summed E-state index contributed by atoms with van der Waals surface area (Å²) in [5.41, 5.74) is 4.04. The number of carbonyl (C=O) groups is 2. The lowest BCUT2D eigenvalue weighted by Gasteiger charge is -2.29. The normalized spacial score (nSPS) is 14.8. The molecule has 1 heterocycles. The minimum absolute atomic E-state index is 0.0160. The van der Waals surface area contributed by atoms with Gasteiger partial charge in [-0.25, -0.2) is 9.59 Å². The third-order valence-corrected chi connectivity index (χ3v) is 5.71. The van der Waals surface area contributed by atoms with Gasteiger partial charge in [0.25, 0.3) is 0 Å². The van der Waals surface area contributed by atoms with Crippen molar-refractivity contribution in [3.05, 3.63) is 118 Å². The molecule has 1 atom stereocenters. The zero-order chi connectivity index (χ0) is 24.6. The van der Waals surface area contributed by atoms with Crippen LogP contribution in [0.3, 0.4) is 0 Å². The number of nitrogens with zero attached hydrogens (tertiary/aromatic N) is 2. The molecule has 7 nitrogen and oxygen atoms in total. The SMILES string of the molecule is N#Cc1cccc(COC(=O)C2=C(CCc3ccccc3C#N)NC(=O)NC2c2ccccc2)c1. The Labute approximate surface area is 203 Å². The molecule has 3 aromatic rings. The van der Waals surface area contributed by atoms with Crippen LogP contribution in [0.1, 0.15) is 40.3 Å². The summed E-state index contributed by atoms with van der Waals surface area (Å²) in [7, 11) is 0. The molecule has 4 rings (SSSR count). The Kier molecular flexibility index (Phi) is 7.20. The highest BCUT2D eigenvalue weighted by atomic mass is 16.5. The van der Waals surface area contributed by atoms with Crippen LogP contribution in [0.15, 0.2) is 90.1 Å². The van der Waals surface area contributed by atoms with Crippen molar-refractivity contribution in [1.82, 2.24) is 10.6 Å². The van der Waals surface area contributed by atoms with Crippen LogP contribution in [0.5, 0.6) is 0 Å². The number of aryl methyl sites for hydroxylation is 1. The summed E-state index contributed by atoms with van der Waals surface area (Å²) in [5, 5.41) is 24.1. The average molecular weight is 463 g/mol. The van der Waals surface area contributed by atoms with Gasteiger partial charge in [-0.15, -0.1) is 0 Å². The number of carbonyl (C=O) groups excluding carboxylic acids is 2. The van der Waals surface area contributed by atoms with E-state index in [2.05, 4.69) is 22.8 Å². The number of amides is 2. The molecule has 0 aliphatic carbocycles. The molecular weight excluding hydrogens is 440 g/mol. The molecule has 0 spiro atoms. The zero-order valence-electron chi connectivity index (χ0n) is 18.8. The molecule has 172 valence electrons. The molecule has 0 bridgehead atoms. The number of esters is 1. The number of rotatable bonds is 7. The maximum Gasteiger partial charge on any atom is 0.338 e. The van der Waals surface area contributed by atoms with Crippen molar-refractivity contribution in [1.29, 1.82) is 10.5 Å². The maximum absolute atomic E-state index is 13.4. The summed E-state index contributed by atoms with van der Waals surface area (Å²) in [6.45, 7) is -0.0160. The third-order valence-electron chi connectivity index (χ3n) is 5.71. The molecule has 1 unspecified atom stereocenters. The van der Waals surface area contributed by atoms with E-state index in [1.165, 1.54) is 0 Å². The Balaban J connectivity index is 1.65. The van der Waals surface area contributed by atoms with Crippen LogP contribution in [0, 0.1) is 22.7 Å². The highest BCUT2D eigenvalue weighted by Gasteiger charge is 2.33. The molecule has 0 aromatic heterocycles.